The third kappa shape index (κ3) is 11.3. The molecule has 1 N–H and O–H groups in total. The molecule has 27 heavy (non-hydrogen) atoms. The van der Waals surface area contributed by atoms with E-state index in [-0.39, 0.29) is 20.6 Å². The zero-order valence-electron chi connectivity index (χ0n) is 14.9. The number of carbonyl (C=O) groups is 1. The first-order valence-electron chi connectivity index (χ1n) is 8.20. The van der Waals surface area contributed by atoms with Crippen LogP contribution in [0.2, 0.25) is 10.0 Å². The molecule has 0 saturated carbocycles. The smallest absolute Gasteiger partial charge is 0.281 e. The SMILES string of the molecule is C.C/C=C\CC.O=C(COc1ccc(Cl)cc1Cl)NOCc1ccccc1. The molecule has 1 amide bonds. The number of benzene rings is 2. The Labute approximate surface area is 172 Å². The number of halogens is 2. The molecule has 4 nitrogen and oxygen atoms in total. The molecule has 0 saturated heterocycles. The van der Waals surface area contributed by atoms with Gasteiger partial charge in [0.05, 0.1) is 11.6 Å². The highest BCUT2D eigenvalue weighted by Gasteiger charge is 2.06. The summed E-state index contributed by atoms with van der Waals surface area (Å²) in [5.41, 5.74) is 3.26. The summed E-state index contributed by atoms with van der Waals surface area (Å²) in [6.45, 7) is 4.24. The molecular formula is C21H27Cl2NO3. The van der Waals surface area contributed by atoms with Gasteiger partial charge in [0.2, 0.25) is 0 Å². The minimum absolute atomic E-state index is 0. The molecule has 0 fully saturated rings. The molecule has 2 aromatic carbocycles. The Bertz CT molecular complexity index is 691. The molecule has 6 heteroatoms. The van der Waals surface area contributed by atoms with Crippen LogP contribution in [0.4, 0.5) is 0 Å². The van der Waals surface area contributed by atoms with Gasteiger partial charge < -0.3 is 4.74 Å². The first-order valence-corrected chi connectivity index (χ1v) is 8.96. The molecule has 0 aliphatic carbocycles. The van der Waals surface area contributed by atoms with E-state index in [0.29, 0.717) is 15.8 Å². The molecule has 0 unspecified atom stereocenters. The molecule has 2 rings (SSSR count). The fourth-order valence-electron chi connectivity index (χ4n) is 1.77. The van der Waals surface area contributed by atoms with Gasteiger partial charge in [-0.15, -0.1) is 0 Å². The van der Waals surface area contributed by atoms with Crippen LogP contribution in [-0.4, -0.2) is 12.5 Å². The largest absolute Gasteiger partial charge is 0.482 e. The Hall–Kier alpha value is -2.01. The number of hydroxylamine groups is 1. The first-order chi connectivity index (χ1) is 12.6. The first kappa shape index (κ1) is 25.0. The van der Waals surface area contributed by atoms with Gasteiger partial charge >= 0.3 is 0 Å². The van der Waals surface area contributed by atoms with E-state index >= 15 is 0 Å². The van der Waals surface area contributed by atoms with Crippen LogP contribution < -0.4 is 10.2 Å². The van der Waals surface area contributed by atoms with Crippen molar-refractivity contribution in [3.8, 4) is 5.75 Å². The number of carbonyl (C=O) groups excluding carboxylic acids is 1. The van der Waals surface area contributed by atoms with Crippen LogP contribution in [0, 0.1) is 0 Å². The highest BCUT2D eigenvalue weighted by atomic mass is 35.5. The summed E-state index contributed by atoms with van der Waals surface area (Å²) in [4.78, 5) is 16.6. The van der Waals surface area contributed by atoms with Crippen molar-refractivity contribution in [1.82, 2.24) is 5.48 Å². The number of nitrogens with one attached hydrogen (secondary N) is 1. The quantitative estimate of drug-likeness (QED) is 0.433. The van der Waals surface area contributed by atoms with Gasteiger partial charge in [-0.05, 0) is 37.1 Å². The molecule has 0 aromatic heterocycles. The predicted molar refractivity (Wildman–Crippen MR) is 113 cm³/mol. The van der Waals surface area contributed by atoms with E-state index in [0.717, 1.165) is 12.0 Å². The molecule has 0 heterocycles. The lowest BCUT2D eigenvalue weighted by Gasteiger charge is -2.09. The highest BCUT2D eigenvalue weighted by Crippen LogP contribution is 2.27. The second kappa shape index (κ2) is 15.1. The Morgan fingerprint density at radius 3 is 2.41 bits per heavy atom. The van der Waals surface area contributed by atoms with Gasteiger partial charge in [0.1, 0.15) is 5.75 Å². The van der Waals surface area contributed by atoms with Gasteiger partial charge in [-0.2, -0.15) is 0 Å². The normalized spacial score (nSPS) is 9.78. The minimum atomic E-state index is -0.406. The average Bonchev–Trinajstić information content (AvgIpc) is 2.63. The maximum atomic E-state index is 11.6. The van der Waals surface area contributed by atoms with Crippen molar-refractivity contribution in [3.05, 3.63) is 76.3 Å². The molecule has 0 aliphatic rings. The van der Waals surface area contributed by atoms with E-state index in [1.54, 1.807) is 18.2 Å². The Morgan fingerprint density at radius 2 is 1.85 bits per heavy atom. The van der Waals surface area contributed by atoms with Crippen LogP contribution in [0.5, 0.6) is 5.75 Å². The van der Waals surface area contributed by atoms with Gasteiger partial charge in [0.15, 0.2) is 6.61 Å². The van der Waals surface area contributed by atoms with Crippen LogP contribution in [0.25, 0.3) is 0 Å². The molecule has 0 radical (unpaired) electrons. The summed E-state index contributed by atoms with van der Waals surface area (Å²) in [5.74, 6) is -0.0174. The van der Waals surface area contributed by atoms with Gasteiger partial charge in [-0.3, -0.25) is 9.63 Å². The van der Waals surface area contributed by atoms with Crippen molar-refractivity contribution < 1.29 is 14.4 Å². The predicted octanol–water partition coefficient (Wildman–Crippen LogP) is 6.23. The Balaban J connectivity index is 0.00000100. The third-order valence-electron chi connectivity index (χ3n) is 2.99. The average molecular weight is 412 g/mol. The second-order valence-corrected chi connectivity index (χ2v) is 5.98. The lowest BCUT2D eigenvalue weighted by atomic mass is 10.2. The van der Waals surface area contributed by atoms with E-state index in [1.165, 1.54) is 0 Å². The van der Waals surface area contributed by atoms with E-state index in [1.807, 2.05) is 37.3 Å². The molecule has 0 bridgehead atoms. The van der Waals surface area contributed by atoms with Gasteiger partial charge in [-0.1, -0.05) is 80.0 Å². The molecule has 0 spiro atoms. The van der Waals surface area contributed by atoms with Crippen LogP contribution in [0.15, 0.2) is 60.7 Å². The summed E-state index contributed by atoms with van der Waals surface area (Å²) < 4.78 is 5.27. The second-order valence-electron chi connectivity index (χ2n) is 5.14. The molecule has 148 valence electrons. The highest BCUT2D eigenvalue weighted by molar-refractivity contribution is 6.35. The Kier molecular flexibility index (Phi) is 14.0. The van der Waals surface area contributed by atoms with Crippen LogP contribution in [0.3, 0.4) is 0 Å². The van der Waals surface area contributed by atoms with Crippen molar-refractivity contribution in [2.24, 2.45) is 0 Å². The zero-order chi connectivity index (χ0) is 19.2. The van der Waals surface area contributed by atoms with Gasteiger partial charge in [0, 0.05) is 5.02 Å². The zero-order valence-corrected chi connectivity index (χ0v) is 16.4. The summed E-state index contributed by atoms with van der Waals surface area (Å²) in [6.07, 6.45) is 5.34. The van der Waals surface area contributed by atoms with Crippen molar-refractivity contribution in [2.45, 2.75) is 34.3 Å². The topological polar surface area (TPSA) is 47.6 Å². The van der Waals surface area contributed by atoms with Crippen LogP contribution in [0.1, 0.15) is 33.3 Å². The van der Waals surface area contributed by atoms with Crippen molar-refractivity contribution >= 4 is 29.1 Å². The van der Waals surface area contributed by atoms with E-state index < -0.39 is 5.91 Å². The fraction of sp³-hybridized carbons (Fsp3) is 0.286. The summed E-state index contributed by atoms with van der Waals surface area (Å²) in [6, 6.07) is 14.3. The maximum absolute atomic E-state index is 11.6. The molecule has 0 aliphatic heterocycles. The lowest BCUT2D eigenvalue weighted by Crippen LogP contribution is -2.28. The summed E-state index contributed by atoms with van der Waals surface area (Å²) in [5, 5.41) is 0.850. The van der Waals surface area contributed by atoms with E-state index in [4.69, 9.17) is 32.8 Å². The van der Waals surface area contributed by atoms with Crippen LogP contribution >= 0.6 is 23.2 Å². The Morgan fingerprint density at radius 1 is 1.15 bits per heavy atom. The summed E-state index contributed by atoms with van der Waals surface area (Å²) in [7, 11) is 0. The number of rotatable bonds is 7. The van der Waals surface area contributed by atoms with Gasteiger partial charge in [0.25, 0.3) is 5.91 Å². The lowest BCUT2D eigenvalue weighted by molar-refractivity contribution is -0.136. The van der Waals surface area contributed by atoms with Crippen LogP contribution in [-0.2, 0) is 16.2 Å². The third-order valence-corrected chi connectivity index (χ3v) is 3.52. The van der Waals surface area contributed by atoms with Crippen molar-refractivity contribution in [1.29, 1.82) is 0 Å². The number of hydrogen-bond acceptors (Lipinski definition) is 3. The van der Waals surface area contributed by atoms with Gasteiger partial charge in [-0.25, -0.2) is 5.48 Å². The fourth-order valence-corrected chi connectivity index (χ4v) is 2.24. The summed E-state index contributed by atoms with van der Waals surface area (Å²) >= 11 is 11.7. The van der Waals surface area contributed by atoms with E-state index in [2.05, 4.69) is 24.6 Å². The van der Waals surface area contributed by atoms with Crippen molar-refractivity contribution in [3.63, 3.8) is 0 Å². The molecular weight excluding hydrogens is 385 g/mol. The minimum Gasteiger partial charge on any atom is -0.482 e. The number of hydrogen-bond donors (Lipinski definition) is 1. The monoisotopic (exact) mass is 411 g/mol. The standard InChI is InChI=1S/C15H13Cl2NO3.C5H10.CH4/c16-12-6-7-14(13(17)8-12)20-10-15(19)18-21-9-11-4-2-1-3-5-11;1-3-5-4-2;/h1-8H,9-10H2,(H,18,19);3,5H,4H2,1-2H3;1H4/b;5-3-;. The number of ether oxygens (including phenoxy) is 1. The number of allylic oxidation sites excluding steroid dienone is 2. The molecule has 2 aromatic rings. The maximum Gasteiger partial charge on any atom is 0.281 e. The number of amides is 1. The molecule has 0 atom stereocenters. The van der Waals surface area contributed by atoms with Crippen molar-refractivity contribution in [2.75, 3.05) is 6.61 Å². The van der Waals surface area contributed by atoms with E-state index in [9.17, 15) is 4.79 Å².